The fourth-order valence-electron chi connectivity index (χ4n) is 1.68. The van der Waals surface area contributed by atoms with Crippen LogP contribution in [0.25, 0.3) is 10.9 Å². The van der Waals surface area contributed by atoms with Gasteiger partial charge in [0.05, 0.1) is 5.52 Å². The summed E-state index contributed by atoms with van der Waals surface area (Å²) in [6.07, 6.45) is 1.90. The highest BCUT2D eigenvalue weighted by Crippen LogP contribution is 2.21. The van der Waals surface area contributed by atoms with Crippen LogP contribution in [0.5, 0.6) is 0 Å². The number of benzene rings is 1. The molecule has 0 aliphatic rings. The predicted octanol–water partition coefficient (Wildman–Crippen LogP) is 3.38. The third-order valence-electron chi connectivity index (χ3n) is 2.65. The Hall–Kier alpha value is -1.06. The second-order valence-electron chi connectivity index (χ2n) is 4.45. The van der Waals surface area contributed by atoms with E-state index in [9.17, 15) is 0 Å². The van der Waals surface area contributed by atoms with Crippen LogP contribution in [-0.2, 0) is 0 Å². The molecule has 0 amide bonds. The van der Waals surface area contributed by atoms with E-state index >= 15 is 0 Å². The van der Waals surface area contributed by atoms with Crippen molar-refractivity contribution in [1.82, 2.24) is 4.98 Å². The Kier molecular flexibility index (Phi) is 4.02. The van der Waals surface area contributed by atoms with Crippen molar-refractivity contribution in [2.45, 2.75) is 25.1 Å². The molecule has 1 unspecified atom stereocenters. The number of hydrogen-bond donors (Lipinski definition) is 1. The molecular formula is C14H18N2S. The summed E-state index contributed by atoms with van der Waals surface area (Å²) in [4.78, 5) is 4.44. The van der Waals surface area contributed by atoms with Crippen molar-refractivity contribution in [3.05, 3.63) is 42.1 Å². The molecule has 0 radical (unpaired) electrons. The Morgan fingerprint density at radius 3 is 2.82 bits per heavy atom. The average Bonchev–Trinajstić information content (AvgIpc) is 2.35. The Morgan fingerprint density at radius 2 is 2.06 bits per heavy atom. The van der Waals surface area contributed by atoms with Gasteiger partial charge < -0.3 is 5.73 Å². The summed E-state index contributed by atoms with van der Waals surface area (Å²) >= 11 is 1.89. The van der Waals surface area contributed by atoms with Crippen molar-refractivity contribution < 1.29 is 0 Å². The predicted molar refractivity (Wildman–Crippen MR) is 76.3 cm³/mol. The van der Waals surface area contributed by atoms with Crippen LogP contribution in [0, 0.1) is 0 Å². The minimum atomic E-state index is 0.0690. The minimum Gasteiger partial charge on any atom is -0.323 e. The lowest BCUT2D eigenvalue weighted by Crippen LogP contribution is -2.14. The molecule has 2 aromatic rings. The monoisotopic (exact) mass is 246 g/mol. The smallest absolute Gasteiger partial charge is 0.0702 e. The molecule has 2 N–H and O–H groups in total. The van der Waals surface area contributed by atoms with E-state index in [-0.39, 0.29) is 6.04 Å². The van der Waals surface area contributed by atoms with E-state index in [1.165, 1.54) is 0 Å². The molecule has 90 valence electrons. The molecule has 0 saturated carbocycles. The number of nitrogens with zero attached hydrogens (tertiary/aromatic N) is 1. The van der Waals surface area contributed by atoms with Gasteiger partial charge in [0.25, 0.3) is 0 Å². The van der Waals surface area contributed by atoms with Gasteiger partial charge in [-0.1, -0.05) is 32.0 Å². The average molecular weight is 246 g/mol. The molecule has 0 bridgehead atoms. The summed E-state index contributed by atoms with van der Waals surface area (Å²) < 4.78 is 0. The number of thioether (sulfide) groups is 1. The first-order chi connectivity index (χ1) is 8.16. The van der Waals surface area contributed by atoms with E-state index in [1.807, 2.05) is 36.2 Å². The molecular weight excluding hydrogens is 228 g/mol. The van der Waals surface area contributed by atoms with Gasteiger partial charge in [-0.3, -0.25) is 4.98 Å². The van der Waals surface area contributed by atoms with Gasteiger partial charge in [0, 0.05) is 23.4 Å². The lowest BCUT2D eigenvalue weighted by Gasteiger charge is -2.13. The molecule has 1 aromatic carbocycles. The number of hydrogen-bond acceptors (Lipinski definition) is 3. The largest absolute Gasteiger partial charge is 0.323 e. The fraction of sp³-hybridized carbons (Fsp3) is 0.357. The third-order valence-corrected chi connectivity index (χ3v) is 3.87. The van der Waals surface area contributed by atoms with Crippen molar-refractivity contribution in [3.8, 4) is 0 Å². The molecule has 17 heavy (non-hydrogen) atoms. The van der Waals surface area contributed by atoms with Gasteiger partial charge in [-0.15, -0.1) is 0 Å². The van der Waals surface area contributed by atoms with Crippen LogP contribution in [0.2, 0.25) is 0 Å². The van der Waals surface area contributed by atoms with Crippen molar-refractivity contribution >= 4 is 22.7 Å². The minimum absolute atomic E-state index is 0.0690. The van der Waals surface area contributed by atoms with E-state index < -0.39 is 0 Å². The number of nitrogens with two attached hydrogens (primary N) is 1. The Labute approximate surface area is 107 Å². The van der Waals surface area contributed by atoms with E-state index in [1.54, 1.807) is 0 Å². The van der Waals surface area contributed by atoms with Crippen LogP contribution in [0.15, 0.2) is 36.5 Å². The van der Waals surface area contributed by atoms with Crippen LogP contribution in [0.1, 0.15) is 25.5 Å². The summed E-state index contributed by atoms with van der Waals surface area (Å²) in [6.45, 7) is 4.38. The van der Waals surface area contributed by atoms with E-state index in [2.05, 4.69) is 31.0 Å². The van der Waals surface area contributed by atoms with Gasteiger partial charge in [-0.05, 0) is 22.9 Å². The zero-order valence-electron chi connectivity index (χ0n) is 10.3. The molecule has 1 heterocycles. The fourth-order valence-corrected chi connectivity index (χ4v) is 2.47. The highest BCUT2D eigenvalue weighted by Gasteiger charge is 2.08. The molecule has 0 spiro atoms. The maximum atomic E-state index is 6.17. The lowest BCUT2D eigenvalue weighted by molar-refractivity contribution is 0.824. The standard InChI is InChI=1S/C14H18N2S/c1-10(2)17-9-13(15)12-7-11-5-3-4-6-14(11)16-8-12/h3-8,10,13H,9,15H2,1-2H3. The number of rotatable bonds is 4. The molecule has 0 fully saturated rings. The van der Waals surface area contributed by atoms with Crippen LogP contribution in [0.4, 0.5) is 0 Å². The van der Waals surface area contributed by atoms with Crippen LogP contribution >= 0.6 is 11.8 Å². The molecule has 0 aliphatic carbocycles. The number of pyridine rings is 1. The van der Waals surface area contributed by atoms with Crippen molar-refractivity contribution in [2.24, 2.45) is 5.73 Å². The Bertz CT molecular complexity index is 496. The van der Waals surface area contributed by atoms with Gasteiger partial charge in [0.15, 0.2) is 0 Å². The van der Waals surface area contributed by atoms with Gasteiger partial charge in [0.2, 0.25) is 0 Å². The number of aromatic nitrogens is 1. The topological polar surface area (TPSA) is 38.9 Å². The summed E-state index contributed by atoms with van der Waals surface area (Å²) in [6, 6.07) is 10.3. The van der Waals surface area contributed by atoms with Crippen molar-refractivity contribution in [1.29, 1.82) is 0 Å². The molecule has 2 rings (SSSR count). The second-order valence-corrected chi connectivity index (χ2v) is 6.06. The van der Waals surface area contributed by atoms with Crippen molar-refractivity contribution in [2.75, 3.05) is 5.75 Å². The normalized spacial score (nSPS) is 13.2. The zero-order valence-corrected chi connectivity index (χ0v) is 11.1. The summed E-state index contributed by atoms with van der Waals surface area (Å²) in [5.41, 5.74) is 8.32. The molecule has 0 aliphatic heterocycles. The molecule has 3 heteroatoms. The van der Waals surface area contributed by atoms with E-state index in [0.29, 0.717) is 5.25 Å². The first kappa shape index (κ1) is 12.4. The van der Waals surface area contributed by atoms with Crippen LogP contribution < -0.4 is 5.73 Å². The molecule has 0 saturated heterocycles. The first-order valence-electron chi connectivity index (χ1n) is 5.88. The van der Waals surface area contributed by atoms with Gasteiger partial charge in [-0.25, -0.2) is 0 Å². The SMILES string of the molecule is CC(C)SCC(N)c1cnc2ccccc2c1. The zero-order chi connectivity index (χ0) is 12.3. The highest BCUT2D eigenvalue weighted by molar-refractivity contribution is 7.99. The third kappa shape index (κ3) is 3.20. The van der Waals surface area contributed by atoms with Gasteiger partial charge in [0.1, 0.15) is 0 Å². The molecule has 1 aromatic heterocycles. The Balaban J connectivity index is 2.18. The van der Waals surface area contributed by atoms with E-state index in [4.69, 9.17) is 5.73 Å². The van der Waals surface area contributed by atoms with E-state index in [0.717, 1.165) is 22.2 Å². The first-order valence-corrected chi connectivity index (χ1v) is 6.93. The van der Waals surface area contributed by atoms with Crippen LogP contribution in [-0.4, -0.2) is 16.0 Å². The molecule has 2 nitrogen and oxygen atoms in total. The number of fused-ring (bicyclic) bond motifs is 1. The van der Waals surface area contributed by atoms with Gasteiger partial charge in [-0.2, -0.15) is 11.8 Å². The molecule has 1 atom stereocenters. The quantitative estimate of drug-likeness (QED) is 0.899. The van der Waals surface area contributed by atoms with Crippen molar-refractivity contribution in [3.63, 3.8) is 0 Å². The lowest BCUT2D eigenvalue weighted by atomic mass is 10.1. The van der Waals surface area contributed by atoms with Crippen LogP contribution in [0.3, 0.4) is 0 Å². The highest BCUT2D eigenvalue weighted by atomic mass is 32.2. The maximum absolute atomic E-state index is 6.17. The summed E-state index contributed by atoms with van der Waals surface area (Å²) in [5.74, 6) is 0.942. The maximum Gasteiger partial charge on any atom is 0.0702 e. The second kappa shape index (κ2) is 5.52. The number of para-hydroxylation sites is 1. The summed E-state index contributed by atoms with van der Waals surface area (Å²) in [5, 5.41) is 1.78. The van der Waals surface area contributed by atoms with Gasteiger partial charge >= 0.3 is 0 Å². The summed E-state index contributed by atoms with van der Waals surface area (Å²) in [7, 11) is 0. The Morgan fingerprint density at radius 1 is 1.29 bits per heavy atom.